The van der Waals surface area contributed by atoms with Crippen molar-refractivity contribution in [2.75, 3.05) is 20.1 Å². The molecular formula is C15H27N3S. The number of nitrogens with one attached hydrogen (secondary N) is 1. The molecule has 108 valence electrons. The van der Waals surface area contributed by atoms with Gasteiger partial charge in [-0.1, -0.05) is 27.2 Å². The molecule has 0 radical (unpaired) electrons. The first-order valence-electron chi connectivity index (χ1n) is 7.32. The van der Waals surface area contributed by atoms with E-state index in [9.17, 15) is 0 Å². The van der Waals surface area contributed by atoms with Crippen molar-refractivity contribution < 1.29 is 0 Å². The number of hydrogen-bond donors (Lipinski definition) is 1. The average Bonchev–Trinajstić information content (AvgIpc) is 2.80. The van der Waals surface area contributed by atoms with Crippen LogP contribution in [0.3, 0.4) is 0 Å². The van der Waals surface area contributed by atoms with Gasteiger partial charge in [-0.05, 0) is 26.4 Å². The molecule has 0 amide bonds. The van der Waals surface area contributed by atoms with E-state index >= 15 is 0 Å². The zero-order chi connectivity index (χ0) is 13.9. The third-order valence-corrected chi connectivity index (χ3v) is 4.75. The van der Waals surface area contributed by atoms with Crippen molar-refractivity contribution >= 4 is 11.3 Å². The summed E-state index contributed by atoms with van der Waals surface area (Å²) in [7, 11) is 2.24. The molecule has 0 bridgehead atoms. The third-order valence-electron chi connectivity index (χ3n) is 3.90. The van der Waals surface area contributed by atoms with E-state index in [2.05, 4.69) is 43.4 Å². The molecule has 1 aromatic rings. The SMILES string of the molecule is CN1CCCCC1CNCc1nc(C(C)(C)C)cs1. The molecule has 1 atom stereocenters. The Labute approximate surface area is 121 Å². The Balaban J connectivity index is 1.78. The summed E-state index contributed by atoms with van der Waals surface area (Å²) in [6, 6.07) is 0.704. The summed E-state index contributed by atoms with van der Waals surface area (Å²) >= 11 is 1.78. The highest BCUT2D eigenvalue weighted by Gasteiger charge is 2.19. The second kappa shape index (κ2) is 6.33. The van der Waals surface area contributed by atoms with Crippen LogP contribution in [0.15, 0.2) is 5.38 Å². The lowest BCUT2D eigenvalue weighted by molar-refractivity contribution is 0.181. The topological polar surface area (TPSA) is 28.2 Å². The van der Waals surface area contributed by atoms with Crippen molar-refractivity contribution in [1.82, 2.24) is 15.2 Å². The summed E-state index contributed by atoms with van der Waals surface area (Å²) in [6.07, 6.45) is 4.06. The lowest BCUT2D eigenvalue weighted by Gasteiger charge is -2.32. The van der Waals surface area contributed by atoms with E-state index in [4.69, 9.17) is 4.98 Å². The smallest absolute Gasteiger partial charge is 0.107 e. The van der Waals surface area contributed by atoms with E-state index in [1.54, 1.807) is 11.3 Å². The van der Waals surface area contributed by atoms with Gasteiger partial charge in [0.1, 0.15) is 5.01 Å². The van der Waals surface area contributed by atoms with Gasteiger partial charge in [0.15, 0.2) is 0 Å². The highest BCUT2D eigenvalue weighted by Crippen LogP contribution is 2.23. The Kier molecular flexibility index (Phi) is 4.98. The molecular weight excluding hydrogens is 254 g/mol. The van der Waals surface area contributed by atoms with Crippen LogP contribution in [-0.4, -0.2) is 36.1 Å². The minimum atomic E-state index is 0.165. The molecule has 3 nitrogen and oxygen atoms in total. The van der Waals surface area contributed by atoms with Gasteiger partial charge in [0.25, 0.3) is 0 Å². The summed E-state index contributed by atoms with van der Waals surface area (Å²) in [5, 5.41) is 6.98. The molecule has 1 aliphatic heterocycles. The van der Waals surface area contributed by atoms with Gasteiger partial charge in [-0.2, -0.15) is 0 Å². The molecule has 1 unspecified atom stereocenters. The van der Waals surface area contributed by atoms with Crippen LogP contribution >= 0.6 is 11.3 Å². The number of piperidine rings is 1. The van der Waals surface area contributed by atoms with Crippen molar-refractivity contribution in [3.63, 3.8) is 0 Å². The van der Waals surface area contributed by atoms with Gasteiger partial charge in [0.2, 0.25) is 0 Å². The Hall–Kier alpha value is -0.450. The molecule has 1 fully saturated rings. The van der Waals surface area contributed by atoms with Crippen LogP contribution in [0, 0.1) is 0 Å². The highest BCUT2D eigenvalue weighted by atomic mass is 32.1. The number of rotatable bonds is 4. The van der Waals surface area contributed by atoms with Gasteiger partial charge < -0.3 is 10.2 Å². The molecule has 1 saturated heterocycles. The van der Waals surface area contributed by atoms with Crippen molar-refractivity contribution in [3.05, 3.63) is 16.1 Å². The first-order valence-corrected chi connectivity index (χ1v) is 8.20. The number of hydrogen-bond acceptors (Lipinski definition) is 4. The molecule has 0 aliphatic carbocycles. The molecule has 1 aliphatic rings. The minimum Gasteiger partial charge on any atom is -0.309 e. The van der Waals surface area contributed by atoms with Crippen LogP contribution in [0.1, 0.15) is 50.7 Å². The van der Waals surface area contributed by atoms with Gasteiger partial charge in [-0.3, -0.25) is 0 Å². The summed E-state index contributed by atoms with van der Waals surface area (Å²) < 4.78 is 0. The van der Waals surface area contributed by atoms with Crippen LogP contribution < -0.4 is 5.32 Å². The molecule has 0 aromatic carbocycles. The number of aromatic nitrogens is 1. The van der Waals surface area contributed by atoms with Crippen LogP contribution in [0.2, 0.25) is 0 Å². The molecule has 0 saturated carbocycles. The van der Waals surface area contributed by atoms with Crippen LogP contribution in [0.25, 0.3) is 0 Å². The van der Waals surface area contributed by atoms with Gasteiger partial charge in [-0.25, -0.2) is 4.98 Å². The first kappa shape index (κ1) is 14.9. The van der Waals surface area contributed by atoms with E-state index < -0.39 is 0 Å². The summed E-state index contributed by atoms with van der Waals surface area (Å²) in [5.74, 6) is 0. The molecule has 1 aromatic heterocycles. The quantitative estimate of drug-likeness (QED) is 0.919. The van der Waals surface area contributed by atoms with Crippen molar-refractivity contribution in [2.24, 2.45) is 0 Å². The van der Waals surface area contributed by atoms with Crippen LogP contribution in [0.4, 0.5) is 0 Å². The van der Waals surface area contributed by atoms with Gasteiger partial charge in [-0.15, -0.1) is 11.3 Å². The molecule has 19 heavy (non-hydrogen) atoms. The standard InChI is InChI=1S/C15H27N3S/c1-15(2,3)13-11-19-14(17-13)10-16-9-12-7-5-6-8-18(12)4/h11-12,16H,5-10H2,1-4H3. The van der Waals surface area contributed by atoms with Crippen molar-refractivity contribution in [2.45, 2.75) is 58.0 Å². The maximum absolute atomic E-state index is 4.73. The Morgan fingerprint density at radius 3 is 2.84 bits per heavy atom. The Morgan fingerprint density at radius 1 is 1.42 bits per heavy atom. The predicted molar refractivity (Wildman–Crippen MR) is 82.8 cm³/mol. The van der Waals surface area contributed by atoms with Crippen molar-refractivity contribution in [3.8, 4) is 0 Å². The highest BCUT2D eigenvalue weighted by molar-refractivity contribution is 7.09. The number of thiazole rings is 1. The van der Waals surface area contributed by atoms with E-state index in [1.807, 2.05) is 0 Å². The third kappa shape index (κ3) is 4.26. The summed E-state index contributed by atoms with van der Waals surface area (Å²) in [6.45, 7) is 9.90. The monoisotopic (exact) mass is 281 g/mol. The predicted octanol–water partition coefficient (Wildman–Crippen LogP) is 3.01. The second-order valence-electron chi connectivity index (χ2n) is 6.64. The lowest BCUT2D eigenvalue weighted by Crippen LogP contribution is -2.42. The van der Waals surface area contributed by atoms with E-state index in [0.717, 1.165) is 13.1 Å². The minimum absolute atomic E-state index is 0.165. The largest absolute Gasteiger partial charge is 0.309 e. The fourth-order valence-corrected chi connectivity index (χ4v) is 3.47. The maximum Gasteiger partial charge on any atom is 0.107 e. The fraction of sp³-hybridized carbons (Fsp3) is 0.800. The number of nitrogens with zero attached hydrogens (tertiary/aromatic N) is 2. The normalized spacial score (nSPS) is 21.8. The van der Waals surface area contributed by atoms with Crippen LogP contribution in [-0.2, 0) is 12.0 Å². The Morgan fingerprint density at radius 2 is 2.21 bits per heavy atom. The number of likely N-dealkylation sites (N-methyl/N-ethyl adjacent to an activating group) is 1. The van der Waals surface area contributed by atoms with Crippen LogP contribution in [0.5, 0.6) is 0 Å². The van der Waals surface area contributed by atoms with Gasteiger partial charge >= 0.3 is 0 Å². The van der Waals surface area contributed by atoms with Gasteiger partial charge in [0, 0.05) is 29.9 Å². The maximum atomic E-state index is 4.73. The lowest BCUT2D eigenvalue weighted by atomic mass is 9.93. The molecule has 2 rings (SSSR count). The van der Waals surface area contributed by atoms with Crippen molar-refractivity contribution in [1.29, 1.82) is 0 Å². The van der Waals surface area contributed by atoms with E-state index in [1.165, 1.54) is 36.5 Å². The molecule has 2 heterocycles. The van der Waals surface area contributed by atoms with E-state index in [0.29, 0.717) is 6.04 Å². The molecule has 0 spiro atoms. The fourth-order valence-electron chi connectivity index (χ4n) is 2.48. The van der Waals surface area contributed by atoms with Gasteiger partial charge in [0.05, 0.1) is 5.69 Å². The Bertz CT molecular complexity index is 394. The second-order valence-corrected chi connectivity index (χ2v) is 7.58. The van der Waals surface area contributed by atoms with E-state index in [-0.39, 0.29) is 5.41 Å². The summed E-state index contributed by atoms with van der Waals surface area (Å²) in [5.41, 5.74) is 1.38. The summed E-state index contributed by atoms with van der Waals surface area (Å²) in [4.78, 5) is 7.21. The average molecular weight is 281 g/mol. The molecule has 1 N–H and O–H groups in total. The first-order chi connectivity index (χ1) is 8.97. The zero-order valence-corrected chi connectivity index (χ0v) is 13.5. The zero-order valence-electron chi connectivity index (χ0n) is 12.7. The number of likely N-dealkylation sites (tertiary alicyclic amines) is 1. The molecule has 4 heteroatoms.